The molecule has 0 radical (unpaired) electrons. The molecule has 0 saturated heterocycles. The van der Waals surface area contributed by atoms with E-state index >= 15 is 0 Å². The largest absolute Gasteiger partial charge is 0.325 e. The number of amides is 1. The van der Waals surface area contributed by atoms with Crippen LogP contribution in [-0.2, 0) is 27.7 Å². The third-order valence-electron chi connectivity index (χ3n) is 3.85. The van der Waals surface area contributed by atoms with Gasteiger partial charge in [-0.1, -0.05) is 55.5 Å². The highest BCUT2D eigenvalue weighted by Gasteiger charge is 2.13. The molecule has 0 aliphatic heterocycles. The lowest BCUT2D eigenvalue weighted by atomic mass is 10.1. The van der Waals surface area contributed by atoms with Crippen molar-refractivity contribution in [2.75, 3.05) is 17.6 Å². The third-order valence-corrected chi connectivity index (χ3v) is 5.26. The van der Waals surface area contributed by atoms with Gasteiger partial charge in [-0.05, 0) is 36.5 Å². The summed E-state index contributed by atoms with van der Waals surface area (Å²) in [6.07, 6.45) is 2.00. The van der Waals surface area contributed by atoms with Gasteiger partial charge in [0.15, 0.2) is 0 Å². The Labute approximate surface area is 149 Å². The molecule has 0 atom stereocenters. The van der Waals surface area contributed by atoms with Crippen LogP contribution in [0.3, 0.4) is 0 Å². The Balaban J connectivity index is 1.77. The predicted molar refractivity (Wildman–Crippen MR) is 101 cm³/mol. The first-order chi connectivity index (χ1) is 12.0. The summed E-state index contributed by atoms with van der Waals surface area (Å²) in [4.78, 5) is 12.0. The maximum atomic E-state index is 12.0. The number of rotatable bonds is 9. The predicted octanol–water partition coefficient (Wildman–Crippen LogP) is 2.74. The zero-order chi connectivity index (χ0) is 18.1. The summed E-state index contributed by atoms with van der Waals surface area (Å²) < 4.78 is 26.4. The van der Waals surface area contributed by atoms with E-state index in [2.05, 4.69) is 10.0 Å². The summed E-state index contributed by atoms with van der Waals surface area (Å²) in [7, 11) is -3.47. The highest BCUT2D eigenvalue weighted by Crippen LogP contribution is 2.15. The van der Waals surface area contributed by atoms with E-state index in [4.69, 9.17) is 0 Å². The lowest BCUT2D eigenvalue weighted by Gasteiger charge is -2.10. The van der Waals surface area contributed by atoms with Gasteiger partial charge >= 0.3 is 0 Å². The van der Waals surface area contributed by atoms with Crippen molar-refractivity contribution < 1.29 is 13.2 Å². The van der Waals surface area contributed by atoms with Crippen molar-refractivity contribution in [3.63, 3.8) is 0 Å². The van der Waals surface area contributed by atoms with Crippen LogP contribution in [0.15, 0.2) is 54.6 Å². The van der Waals surface area contributed by atoms with Gasteiger partial charge in [-0.2, -0.15) is 0 Å². The number of carbonyl (C=O) groups excluding carboxylic acids is 1. The van der Waals surface area contributed by atoms with E-state index in [0.29, 0.717) is 12.8 Å². The van der Waals surface area contributed by atoms with Gasteiger partial charge in [0.1, 0.15) is 0 Å². The summed E-state index contributed by atoms with van der Waals surface area (Å²) in [5.41, 5.74) is 2.84. The zero-order valence-corrected chi connectivity index (χ0v) is 15.2. The fourth-order valence-electron chi connectivity index (χ4n) is 2.50. The standard InChI is InChI=1S/C19H24N2O3S/c1-2-17-12-6-7-13-18(17)21-19(22)15-20-25(23,24)14-8-11-16-9-4-3-5-10-16/h3-7,9-10,12-13,20H,2,8,11,14-15H2,1H3,(H,21,22). The van der Waals surface area contributed by atoms with Gasteiger partial charge in [0.25, 0.3) is 0 Å². The van der Waals surface area contributed by atoms with Gasteiger partial charge in [-0.3, -0.25) is 4.79 Å². The SMILES string of the molecule is CCc1ccccc1NC(=O)CNS(=O)(=O)CCCc1ccccc1. The number of benzene rings is 2. The molecular weight excluding hydrogens is 336 g/mol. The molecule has 0 aliphatic carbocycles. The van der Waals surface area contributed by atoms with Crippen LogP contribution in [0, 0.1) is 0 Å². The number of para-hydroxylation sites is 1. The molecule has 1 amide bonds. The summed E-state index contributed by atoms with van der Waals surface area (Å²) in [5.74, 6) is -0.367. The second-order valence-corrected chi connectivity index (χ2v) is 7.71. The molecule has 2 rings (SSSR count). The van der Waals surface area contributed by atoms with E-state index < -0.39 is 10.0 Å². The molecule has 6 heteroatoms. The van der Waals surface area contributed by atoms with Crippen LogP contribution >= 0.6 is 0 Å². The monoisotopic (exact) mass is 360 g/mol. The van der Waals surface area contributed by atoms with E-state index in [-0.39, 0.29) is 18.2 Å². The molecule has 2 aromatic carbocycles. The first-order valence-corrected chi connectivity index (χ1v) is 10.0. The van der Waals surface area contributed by atoms with Crippen LogP contribution in [-0.4, -0.2) is 26.6 Å². The Hall–Kier alpha value is -2.18. The molecule has 0 heterocycles. The average molecular weight is 360 g/mol. The van der Waals surface area contributed by atoms with E-state index in [9.17, 15) is 13.2 Å². The highest BCUT2D eigenvalue weighted by molar-refractivity contribution is 7.89. The quantitative estimate of drug-likeness (QED) is 0.722. The smallest absolute Gasteiger partial charge is 0.239 e. The van der Waals surface area contributed by atoms with Crippen molar-refractivity contribution in [1.29, 1.82) is 0 Å². The number of anilines is 1. The van der Waals surface area contributed by atoms with Crippen molar-refractivity contribution in [3.8, 4) is 0 Å². The molecule has 0 saturated carbocycles. The van der Waals surface area contributed by atoms with Crippen LogP contribution in [0.4, 0.5) is 5.69 Å². The van der Waals surface area contributed by atoms with Crippen molar-refractivity contribution >= 4 is 21.6 Å². The number of sulfonamides is 1. The van der Waals surface area contributed by atoms with Gasteiger partial charge in [-0.25, -0.2) is 13.1 Å². The molecule has 134 valence electrons. The Morgan fingerprint density at radius 2 is 1.68 bits per heavy atom. The summed E-state index contributed by atoms with van der Waals surface area (Å²) >= 11 is 0. The average Bonchev–Trinajstić information content (AvgIpc) is 2.61. The summed E-state index contributed by atoms with van der Waals surface area (Å²) in [6, 6.07) is 17.2. The number of nitrogens with one attached hydrogen (secondary N) is 2. The molecule has 2 N–H and O–H groups in total. The molecule has 0 bridgehead atoms. The summed E-state index contributed by atoms with van der Waals surface area (Å²) in [5, 5.41) is 2.75. The van der Waals surface area contributed by atoms with E-state index in [1.165, 1.54) is 0 Å². The summed E-state index contributed by atoms with van der Waals surface area (Å²) in [6.45, 7) is 1.74. The van der Waals surface area contributed by atoms with Crippen molar-refractivity contribution in [1.82, 2.24) is 4.72 Å². The Morgan fingerprint density at radius 3 is 2.40 bits per heavy atom. The second-order valence-electron chi connectivity index (χ2n) is 5.79. The number of aryl methyl sites for hydroxylation is 2. The van der Waals surface area contributed by atoms with Gasteiger partial charge in [0.2, 0.25) is 15.9 Å². The van der Waals surface area contributed by atoms with Gasteiger partial charge in [-0.15, -0.1) is 0 Å². The van der Waals surface area contributed by atoms with Gasteiger partial charge in [0, 0.05) is 5.69 Å². The third kappa shape index (κ3) is 6.68. The molecule has 25 heavy (non-hydrogen) atoms. The lowest BCUT2D eigenvalue weighted by molar-refractivity contribution is -0.115. The maximum absolute atomic E-state index is 12.0. The Bertz CT molecular complexity index is 789. The normalized spacial score (nSPS) is 11.2. The van der Waals surface area contributed by atoms with Crippen LogP contribution in [0.25, 0.3) is 0 Å². The van der Waals surface area contributed by atoms with E-state index in [0.717, 1.165) is 23.2 Å². The van der Waals surface area contributed by atoms with Crippen LogP contribution in [0.5, 0.6) is 0 Å². The van der Waals surface area contributed by atoms with Gasteiger partial charge < -0.3 is 5.32 Å². The first kappa shape index (κ1) is 19.1. The van der Waals surface area contributed by atoms with Gasteiger partial charge in [0.05, 0.1) is 12.3 Å². The van der Waals surface area contributed by atoms with Crippen molar-refractivity contribution in [2.24, 2.45) is 0 Å². The maximum Gasteiger partial charge on any atom is 0.239 e. The Morgan fingerprint density at radius 1 is 1.00 bits per heavy atom. The molecule has 2 aromatic rings. The van der Waals surface area contributed by atoms with E-state index in [1.54, 1.807) is 0 Å². The minimum Gasteiger partial charge on any atom is -0.325 e. The minimum absolute atomic E-state index is 0.000716. The number of carbonyl (C=O) groups is 1. The van der Waals surface area contributed by atoms with Crippen LogP contribution in [0.2, 0.25) is 0 Å². The minimum atomic E-state index is -3.47. The molecule has 0 unspecified atom stereocenters. The molecule has 0 spiro atoms. The van der Waals surface area contributed by atoms with E-state index in [1.807, 2.05) is 61.5 Å². The molecular formula is C19H24N2O3S. The fourth-order valence-corrected chi connectivity index (χ4v) is 3.52. The van der Waals surface area contributed by atoms with Crippen LogP contribution in [0.1, 0.15) is 24.5 Å². The van der Waals surface area contributed by atoms with Crippen LogP contribution < -0.4 is 10.0 Å². The molecule has 0 aliphatic rings. The lowest BCUT2D eigenvalue weighted by Crippen LogP contribution is -2.34. The number of hydrogen-bond acceptors (Lipinski definition) is 3. The zero-order valence-electron chi connectivity index (χ0n) is 14.4. The van der Waals surface area contributed by atoms with Crippen molar-refractivity contribution in [2.45, 2.75) is 26.2 Å². The molecule has 0 aromatic heterocycles. The highest BCUT2D eigenvalue weighted by atomic mass is 32.2. The number of hydrogen-bond donors (Lipinski definition) is 2. The fraction of sp³-hybridized carbons (Fsp3) is 0.316. The Kier molecular flexibility index (Phi) is 7.16. The molecule has 0 fully saturated rings. The molecule has 5 nitrogen and oxygen atoms in total. The second kappa shape index (κ2) is 9.34. The first-order valence-electron chi connectivity index (χ1n) is 8.39. The topological polar surface area (TPSA) is 75.3 Å². The van der Waals surface area contributed by atoms with Crippen molar-refractivity contribution in [3.05, 3.63) is 65.7 Å².